The number of aliphatic carboxylic acids is 1. The zero-order chi connectivity index (χ0) is 37.4. The van der Waals surface area contributed by atoms with Gasteiger partial charge >= 0.3 is 5.97 Å². The number of sulfone groups is 1. The Labute approximate surface area is 306 Å². The minimum Gasteiger partial charge on any atom is -0.483 e. The first-order chi connectivity index (χ1) is 24.4. The van der Waals surface area contributed by atoms with Gasteiger partial charge in [0.05, 0.1) is 16.7 Å². The smallest absolute Gasteiger partial charge is 0.322 e. The molecular weight excluding hydrogens is 689 g/mol. The van der Waals surface area contributed by atoms with Gasteiger partial charge < -0.3 is 25.8 Å². The molecule has 0 spiro atoms. The monoisotopic (exact) mass is 740 g/mol. The Hall–Kier alpha value is -3.91. The lowest BCUT2D eigenvalue weighted by molar-refractivity contribution is -0.138. The second-order valence-corrected chi connectivity index (χ2v) is 15.1. The van der Waals surface area contributed by atoms with E-state index in [2.05, 4.69) is 42.0 Å². The zero-order valence-electron chi connectivity index (χ0n) is 30.2. The third kappa shape index (κ3) is 11.8. The summed E-state index contributed by atoms with van der Waals surface area (Å²) in [6, 6.07) is 20.0. The highest BCUT2D eigenvalue weighted by Crippen LogP contribution is 2.42. The van der Waals surface area contributed by atoms with Crippen LogP contribution in [0.5, 0.6) is 5.75 Å². The number of hydrogen-bond donors (Lipinski definition) is 5. The van der Waals surface area contributed by atoms with Crippen LogP contribution >= 0.6 is 11.8 Å². The second kappa shape index (κ2) is 20.2. The number of amides is 2. The van der Waals surface area contributed by atoms with E-state index < -0.39 is 52.4 Å². The van der Waals surface area contributed by atoms with Crippen molar-refractivity contribution in [3.05, 3.63) is 89.5 Å². The Kier molecular flexibility index (Phi) is 16.5. The number of hydrogen-bond acceptors (Lipinski definition) is 9. The molecule has 3 aromatic rings. The summed E-state index contributed by atoms with van der Waals surface area (Å²) in [6.45, 7) is 9.39. The number of ether oxygens (including phenoxy) is 1. The fourth-order valence-corrected chi connectivity index (χ4v) is 8.65. The van der Waals surface area contributed by atoms with Crippen LogP contribution in [-0.4, -0.2) is 75.1 Å². The Morgan fingerprint density at radius 1 is 1.00 bits per heavy atom. The molecule has 4 rings (SSSR count). The molecule has 0 saturated heterocycles. The molecule has 13 heteroatoms. The van der Waals surface area contributed by atoms with Crippen LogP contribution in [0.15, 0.2) is 82.6 Å². The van der Waals surface area contributed by atoms with E-state index in [1.165, 1.54) is 17.8 Å². The van der Waals surface area contributed by atoms with Crippen LogP contribution in [0.3, 0.4) is 0 Å². The van der Waals surface area contributed by atoms with E-state index in [1.807, 2.05) is 49.6 Å². The minimum atomic E-state index is -3.79. The highest BCUT2D eigenvalue weighted by Gasteiger charge is 2.42. The van der Waals surface area contributed by atoms with Crippen molar-refractivity contribution in [3.8, 4) is 5.75 Å². The lowest BCUT2D eigenvalue weighted by Crippen LogP contribution is -2.50. The maximum Gasteiger partial charge on any atom is 0.322 e. The van der Waals surface area contributed by atoms with Crippen LogP contribution in [0.1, 0.15) is 82.2 Å². The van der Waals surface area contributed by atoms with Gasteiger partial charge in [-0.25, -0.2) is 8.42 Å². The lowest BCUT2D eigenvalue weighted by Gasteiger charge is -2.36. The number of carbonyl (C=O) groups is 3. The summed E-state index contributed by atoms with van der Waals surface area (Å²) in [5.74, 6) is -2.39. The van der Waals surface area contributed by atoms with Gasteiger partial charge in [0.1, 0.15) is 18.3 Å². The second-order valence-electron chi connectivity index (χ2n) is 12.3. The molecular formula is C38H52N4O7S2. The predicted molar refractivity (Wildman–Crippen MR) is 202 cm³/mol. The van der Waals surface area contributed by atoms with Gasteiger partial charge in [-0.2, -0.15) is 0 Å². The molecule has 0 aliphatic carbocycles. The number of carboxylic acids is 1. The molecule has 278 valence electrons. The van der Waals surface area contributed by atoms with Crippen molar-refractivity contribution in [3.63, 3.8) is 0 Å². The number of benzene rings is 3. The number of thioether (sulfide) groups is 1. The van der Waals surface area contributed by atoms with Crippen molar-refractivity contribution in [2.24, 2.45) is 0 Å². The highest BCUT2D eigenvalue weighted by molar-refractivity contribution is 7.98. The molecule has 51 heavy (non-hydrogen) atoms. The maximum absolute atomic E-state index is 14.1. The van der Waals surface area contributed by atoms with E-state index >= 15 is 0 Å². The molecule has 3 aromatic carbocycles. The van der Waals surface area contributed by atoms with Gasteiger partial charge in [-0.05, 0) is 54.9 Å². The number of rotatable bonds is 16. The van der Waals surface area contributed by atoms with Crippen LogP contribution < -0.4 is 26.0 Å². The topological polar surface area (TPSA) is 163 Å². The van der Waals surface area contributed by atoms with Gasteiger partial charge in [-0.3, -0.25) is 19.7 Å². The van der Waals surface area contributed by atoms with Crippen molar-refractivity contribution >= 4 is 39.4 Å². The van der Waals surface area contributed by atoms with Crippen molar-refractivity contribution in [2.45, 2.75) is 80.8 Å². The van der Waals surface area contributed by atoms with Crippen molar-refractivity contribution in [1.82, 2.24) is 21.3 Å². The molecule has 11 nitrogen and oxygen atoms in total. The molecule has 0 aromatic heterocycles. The van der Waals surface area contributed by atoms with E-state index in [4.69, 9.17) is 9.84 Å². The molecule has 2 amide bonds. The third-order valence-corrected chi connectivity index (χ3v) is 11.4. The lowest BCUT2D eigenvalue weighted by atomic mass is 9.88. The van der Waals surface area contributed by atoms with E-state index in [9.17, 15) is 22.8 Å². The Morgan fingerprint density at radius 2 is 1.65 bits per heavy atom. The molecule has 1 aliphatic rings. The molecule has 0 fully saturated rings. The number of fused-ring (bicyclic) bond motifs is 1. The van der Waals surface area contributed by atoms with Crippen LogP contribution in [-0.2, 0) is 24.2 Å². The summed E-state index contributed by atoms with van der Waals surface area (Å²) in [7, 11) is -3.79. The van der Waals surface area contributed by atoms with Gasteiger partial charge in [0, 0.05) is 16.5 Å². The summed E-state index contributed by atoms with van der Waals surface area (Å²) >= 11 is 1.37. The Morgan fingerprint density at radius 3 is 2.20 bits per heavy atom. The standard InChI is InChI=1S/C34H41N3O7S2.C4H11N/c1-4-6-17-34(5-2)22-46(42,43)28-19-26(27(45-3)18-25(28)31(37-34)23-13-9-7-10-14-23)44-21-29(38)36-32(24-15-11-8-12-16-24)33(41)35-20-30(39)40;1-3-5-4-2/h7-16,18-19,31-32,37H,4-6,17,20-22H2,1-3H3,(H,35,41)(H,36,38)(H,39,40);5H,3-4H2,1-2H3/t31-,32-,34-;/m1./s1. The maximum atomic E-state index is 14.1. The van der Waals surface area contributed by atoms with Crippen LogP contribution in [0.4, 0.5) is 0 Å². The summed E-state index contributed by atoms with van der Waals surface area (Å²) in [6.07, 6.45) is 5.01. The summed E-state index contributed by atoms with van der Waals surface area (Å²) in [5.41, 5.74) is 1.39. The van der Waals surface area contributed by atoms with Gasteiger partial charge in [0.2, 0.25) is 5.91 Å². The molecule has 1 aliphatic heterocycles. The summed E-state index contributed by atoms with van der Waals surface area (Å²) in [5, 5.41) is 20.8. The van der Waals surface area contributed by atoms with Crippen LogP contribution in [0.2, 0.25) is 0 Å². The van der Waals surface area contributed by atoms with Crippen molar-refractivity contribution in [2.75, 3.05) is 38.2 Å². The molecule has 3 atom stereocenters. The molecule has 0 unspecified atom stereocenters. The normalized spacial score (nSPS) is 18.2. The minimum absolute atomic E-state index is 0.0738. The highest BCUT2D eigenvalue weighted by atomic mass is 32.2. The first-order valence-corrected chi connectivity index (χ1v) is 20.3. The quantitative estimate of drug-likeness (QED) is 0.122. The van der Waals surface area contributed by atoms with E-state index in [1.54, 1.807) is 30.3 Å². The Bertz CT molecular complexity index is 1690. The third-order valence-electron chi connectivity index (χ3n) is 8.65. The average molecular weight is 741 g/mol. The van der Waals surface area contributed by atoms with E-state index in [0.29, 0.717) is 28.9 Å². The first kappa shape index (κ1) is 41.5. The molecule has 0 saturated carbocycles. The molecule has 1 heterocycles. The van der Waals surface area contributed by atoms with Crippen molar-refractivity contribution in [1.29, 1.82) is 0 Å². The summed E-state index contributed by atoms with van der Waals surface area (Å²) in [4.78, 5) is 37.7. The number of nitrogens with one attached hydrogen (secondary N) is 4. The fourth-order valence-electron chi connectivity index (χ4n) is 5.95. The zero-order valence-corrected chi connectivity index (χ0v) is 31.8. The van der Waals surface area contributed by atoms with Crippen molar-refractivity contribution < 1.29 is 32.6 Å². The fraction of sp³-hybridized carbons (Fsp3) is 0.447. The number of carboxylic acid groups (broad SMARTS) is 1. The van der Waals surface area contributed by atoms with E-state index in [0.717, 1.165) is 31.5 Å². The molecule has 5 N–H and O–H groups in total. The van der Waals surface area contributed by atoms with Crippen LogP contribution in [0, 0.1) is 0 Å². The SMILES string of the molecule is CCCC[C@]1(CC)CS(=O)(=O)c2cc(OCC(=O)N[C@@H](C(=O)NCC(=O)O)c3ccccc3)c(SC)cc2[C@@H](c2ccccc2)N1.CCNCC. The molecule has 0 bridgehead atoms. The average Bonchev–Trinajstić information content (AvgIpc) is 3.23. The van der Waals surface area contributed by atoms with Gasteiger partial charge in [-0.1, -0.05) is 101 Å². The first-order valence-electron chi connectivity index (χ1n) is 17.4. The number of unbranched alkanes of at least 4 members (excludes halogenated alkanes) is 1. The van der Waals surface area contributed by atoms with Gasteiger partial charge in [0.15, 0.2) is 16.4 Å². The summed E-state index contributed by atoms with van der Waals surface area (Å²) < 4.78 is 34.2. The van der Waals surface area contributed by atoms with Crippen LogP contribution in [0.25, 0.3) is 0 Å². The largest absolute Gasteiger partial charge is 0.483 e. The number of carbonyl (C=O) groups excluding carboxylic acids is 2. The van der Waals surface area contributed by atoms with Gasteiger partial charge in [0.25, 0.3) is 5.91 Å². The van der Waals surface area contributed by atoms with E-state index in [-0.39, 0.29) is 22.4 Å². The predicted octanol–water partition coefficient (Wildman–Crippen LogP) is 5.27. The molecule has 0 radical (unpaired) electrons. The Balaban J connectivity index is 0.00000131. The van der Waals surface area contributed by atoms with Gasteiger partial charge in [-0.15, -0.1) is 11.8 Å².